The zero-order valence-electron chi connectivity index (χ0n) is 16.9. The first-order chi connectivity index (χ1) is 14.9. The van der Waals surface area contributed by atoms with E-state index in [1.807, 2.05) is 0 Å². The molecular weight excluding hydrogens is 428 g/mol. The first-order valence-electron chi connectivity index (χ1n) is 9.84. The lowest BCUT2D eigenvalue weighted by atomic mass is 10.1. The largest absolute Gasteiger partial charge is 0.374 e. The van der Waals surface area contributed by atoms with Crippen LogP contribution in [0.5, 0.6) is 0 Å². The van der Waals surface area contributed by atoms with Gasteiger partial charge in [-0.1, -0.05) is 18.2 Å². The number of hydrogen-bond donors (Lipinski definition) is 3. The van der Waals surface area contributed by atoms with E-state index in [1.165, 1.54) is 6.07 Å². The Morgan fingerprint density at radius 1 is 1.19 bits per heavy atom. The summed E-state index contributed by atoms with van der Waals surface area (Å²) in [5.74, 6) is -1.98. The Labute approximate surface area is 182 Å². The topological polar surface area (TPSA) is 90.9 Å². The summed E-state index contributed by atoms with van der Waals surface area (Å²) in [7, 11) is 0. The predicted octanol–water partition coefficient (Wildman–Crippen LogP) is 2.12. The summed E-state index contributed by atoms with van der Waals surface area (Å²) < 4.78 is 51.8. The van der Waals surface area contributed by atoms with Crippen LogP contribution in [-0.4, -0.2) is 57.8 Å². The van der Waals surface area contributed by atoms with Crippen molar-refractivity contribution in [2.75, 3.05) is 37.4 Å². The Hall–Kier alpha value is -2.40. The maximum atomic E-state index is 13.4. The molecule has 1 aliphatic rings. The number of ether oxygens (including phenoxy) is 1. The highest BCUT2D eigenvalue weighted by atomic mass is 32.2. The fraction of sp³-hybridized carbons (Fsp3) is 0.381. The van der Waals surface area contributed by atoms with E-state index < -0.39 is 22.7 Å². The van der Waals surface area contributed by atoms with Crippen LogP contribution < -0.4 is 10.6 Å². The maximum absolute atomic E-state index is 13.4. The Morgan fingerprint density at radius 3 is 2.81 bits per heavy atom. The van der Waals surface area contributed by atoms with Crippen molar-refractivity contribution in [1.82, 2.24) is 10.2 Å². The number of anilines is 1. The second-order valence-electron chi connectivity index (χ2n) is 7.30. The number of halogens is 2. The van der Waals surface area contributed by atoms with Gasteiger partial charge in [-0.05, 0) is 35.4 Å². The molecular formula is C21H25F2N3O4S. The van der Waals surface area contributed by atoms with E-state index in [1.54, 1.807) is 30.3 Å². The van der Waals surface area contributed by atoms with Crippen LogP contribution in [0.3, 0.4) is 0 Å². The van der Waals surface area contributed by atoms with Crippen LogP contribution >= 0.6 is 0 Å². The zero-order chi connectivity index (χ0) is 22.2. The molecule has 1 heterocycles. The van der Waals surface area contributed by atoms with Crippen molar-refractivity contribution < 1.29 is 27.1 Å². The normalized spacial score (nSPS) is 17.8. The quantitative estimate of drug-likeness (QED) is 0.504. The number of nitrogens with one attached hydrogen (secondary N) is 2. The first-order valence-corrected chi connectivity index (χ1v) is 11.1. The number of nitrogens with zero attached hydrogens (tertiary/aromatic N) is 1. The van der Waals surface area contributed by atoms with Crippen LogP contribution in [0.1, 0.15) is 11.1 Å². The molecule has 10 heteroatoms. The van der Waals surface area contributed by atoms with E-state index in [-0.39, 0.29) is 24.3 Å². The van der Waals surface area contributed by atoms with Crippen LogP contribution in [0.15, 0.2) is 42.5 Å². The van der Waals surface area contributed by atoms with Gasteiger partial charge in [0.05, 0.1) is 19.1 Å². The Kier molecular flexibility index (Phi) is 8.47. The zero-order valence-corrected chi connectivity index (χ0v) is 17.7. The lowest BCUT2D eigenvalue weighted by molar-refractivity contribution is -0.121. The van der Waals surface area contributed by atoms with Gasteiger partial charge in [0.25, 0.3) is 0 Å². The average molecular weight is 454 g/mol. The van der Waals surface area contributed by atoms with Crippen molar-refractivity contribution in [3.05, 3.63) is 65.2 Å². The molecule has 0 saturated carbocycles. The molecule has 1 aliphatic heterocycles. The Morgan fingerprint density at radius 2 is 2.03 bits per heavy atom. The van der Waals surface area contributed by atoms with E-state index in [2.05, 4.69) is 15.5 Å². The van der Waals surface area contributed by atoms with Gasteiger partial charge < -0.3 is 19.9 Å². The van der Waals surface area contributed by atoms with E-state index in [4.69, 9.17) is 9.29 Å². The molecule has 31 heavy (non-hydrogen) atoms. The van der Waals surface area contributed by atoms with Gasteiger partial charge in [0.2, 0.25) is 5.91 Å². The van der Waals surface area contributed by atoms with Crippen molar-refractivity contribution in [2.24, 2.45) is 0 Å². The molecule has 2 atom stereocenters. The fourth-order valence-corrected chi connectivity index (χ4v) is 3.65. The molecule has 0 radical (unpaired) electrons. The average Bonchev–Trinajstić information content (AvgIpc) is 2.74. The highest BCUT2D eigenvalue weighted by Crippen LogP contribution is 2.14. The molecule has 7 nitrogen and oxygen atoms in total. The number of rotatable bonds is 9. The van der Waals surface area contributed by atoms with Crippen LogP contribution in [0.2, 0.25) is 0 Å². The van der Waals surface area contributed by atoms with Crippen molar-refractivity contribution in [3.8, 4) is 0 Å². The molecule has 3 N–H and O–H groups in total. The second-order valence-corrected chi connectivity index (χ2v) is 8.23. The minimum Gasteiger partial charge on any atom is -0.374 e. The molecule has 1 unspecified atom stereocenters. The molecule has 168 valence electrons. The SMILES string of the molecule is O=C(Cc1cccc(NCS(=O)O)c1)NC[C@H]1CN(Cc2ccc(F)c(F)c2)CCO1. The highest BCUT2D eigenvalue weighted by molar-refractivity contribution is 7.79. The summed E-state index contributed by atoms with van der Waals surface area (Å²) in [4.78, 5) is 14.4. The van der Waals surface area contributed by atoms with Gasteiger partial charge in [-0.15, -0.1) is 0 Å². The summed E-state index contributed by atoms with van der Waals surface area (Å²) >= 11 is -1.95. The smallest absolute Gasteiger partial charge is 0.224 e. The number of hydrogen-bond acceptors (Lipinski definition) is 5. The lowest BCUT2D eigenvalue weighted by Gasteiger charge is -2.33. The van der Waals surface area contributed by atoms with E-state index >= 15 is 0 Å². The third-order valence-corrected chi connectivity index (χ3v) is 5.22. The Bertz CT molecular complexity index is 931. The third-order valence-electron chi connectivity index (χ3n) is 4.83. The molecule has 0 bridgehead atoms. The van der Waals surface area contributed by atoms with Crippen LogP contribution in [-0.2, 0) is 33.6 Å². The van der Waals surface area contributed by atoms with E-state index in [0.29, 0.717) is 44.0 Å². The van der Waals surface area contributed by atoms with Gasteiger partial charge >= 0.3 is 0 Å². The number of morpholine rings is 1. The van der Waals surface area contributed by atoms with Crippen molar-refractivity contribution >= 4 is 22.7 Å². The molecule has 1 amide bonds. The fourth-order valence-electron chi connectivity index (χ4n) is 3.36. The molecule has 1 fully saturated rings. The summed E-state index contributed by atoms with van der Waals surface area (Å²) in [6.45, 7) is 2.54. The van der Waals surface area contributed by atoms with Crippen LogP contribution in [0.4, 0.5) is 14.5 Å². The standard InChI is InChI=1S/C21H25F2N3O4S/c22-19-5-4-16(9-20(19)23)12-26-6-7-30-18(13-26)11-24-21(27)10-15-2-1-3-17(8-15)25-14-31(28)29/h1-5,8-9,18,25H,6-7,10-14H2,(H,24,27)(H,28,29)/t18-/m0/s1. The van der Waals surface area contributed by atoms with E-state index in [9.17, 15) is 17.8 Å². The van der Waals surface area contributed by atoms with Crippen molar-refractivity contribution in [2.45, 2.75) is 19.1 Å². The number of amides is 1. The minimum atomic E-state index is -1.95. The molecule has 2 aromatic carbocycles. The highest BCUT2D eigenvalue weighted by Gasteiger charge is 2.21. The monoisotopic (exact) mass is 453 g/mol. The summed E-state index contributed by atoms with van der Waals surface area (Å²) in [6.07, 6.45) is -0.0289. The maximum Gasteiger partial charge on any atom is 0.224 e. The van der Waals surface area contributed by atoms with Crippen LogP contribution in [0.25, 0.3) is 0 Å². The van der Waals surface area contributed by atoms with E-state index in [0.717, 1.165) is 11.6 Å². The van der Waals surface area contributed by atoms with Gasteiger partial charge in [-0.2, -0.15) is 0 Å². The molecule has 3 rings (SSSR count). The summed E-state index contributed by atoms with van der Waals surface area (Å²) in [6, 6.07) is 11.0. The summed E-state index contributed by atoms with van der Waals surface area (Å²) in [5.41, 5.74) is 2.12. The van der Waals surface area contributed by atoms with Gasteiger partial charge in [0.15, 0.2) is 22.7 Å². The Balaban J connectivity index is 1.45. The number of carbonyl (C=O) groups is 1. The van der Waals surface area contributed by atoms with Gasteiger partial charge in [-0.3, -0.25) is 9.69 Å². The predicted molar refractivity (Wildman–Crippen MR) is 114 cm³/mol. The molecule has 0 aromatic heterocycles. The van der Waals surface area contributed by atoms with Crippen molar-refractivity contribution in [1.29, 1.82) is 0 Å². The number of benzene rings is 2. The van der Waals surface area contributed by atoms with Gasteiger partial charge in [0.1, 0.15) is 5.88 Å². The molecule has 0 aliphatic carbocycles. The molecule has 1 saturated heterocycles. The third kappa shape index (κ3) is 7.66. The van der Waals surface area contributed by atoms with Crippen molar-refractivity contribution in [3.63, 3.8) is 0 Å². The lowest BCUT2D eigenvalue weighted by Crippen LogP contribution is -2.47. The van der Waals surface area contributed by atoms with Crippen LogP contribution in [0, 0.1) is 11.6 Å². The van der Waals surface area contributed by atoms with Gasteiger partial charge in [0, 0.05) is 31.9 Å². The minimum absolute atomic E-state index is 0.0876. The molecule has 0 spiro atoms. The first kappa shape index (κ1) is 23.3. The van der Waals surface area contributed by atoms with Gasteiger partial charge in [-0.25, -0.2) is 13.0 Å². The number of carbonyl (C=O) groups excluding carboxylic acids is 1. The summed E-state index contributed by atoms with van der Waals surface area (Å²) in [5, 5.41) is 5.68. The molecule has 2 aromatic rings. The second kappa shape index (κ2) is 11.3.